The van der Waals surface area contributed by atoms with Gasteiger partial charge in [-0.05, 0) is 18.2 Å². The van der Waals surface area contributed by atoms with Gasteiger partial charge in [-0.2, -0.15) is 0 Å². The quantitative estimate of drug-likeness (QED) is 0.787. The van der Waals surface area contributed by atoms with Gasteiger partial charge in [-0.1, -0.05) is 0 Å². The molecule has 2 heterocycles. The lowest BCUT2D eigenvalue weighted by Crippen LogP contribution is -2.17. The van der Waals surface area contributed by atoms with E-state index in [1.807, 2.05) is 5.38 Å². The van der Waals surface area contributed by atoms with Crippen molar-refractivity contribution < 1.29 is 4.39 Å². The summed E-state index contributed by atoms with van der Waals surface area (Å²) in [6.07, 6.45) is 2.44. The SMILES string of the molecule is O=c1[nH]c2cc(F)ccc2n1CCc1nccs1. The average molecular weight is 263 g/mol. The molecule has 0 radical (unpaired) electrons. The maximum Gasteiger partial charge on any atom is 0.326 e. The van der Waals surface area contributed by atoms with E-state index in [1.165, 1.54) is 12.1 Å². The van der Waals surface area contributed by atoms with Crippen LogP contribution in [0.5, 0.6) is 0 Å². The van der Waals surface area contributed by atoms with Crippen molar-refractivity contribution in [2.24, 2.45) is 0 Å². The maximum atomic E-state index is 13.0. The van der Waals surface area contributed by atoms with Crippen LogP contribution in [-0.2, 0) is 13.0 Å². The summed E-state index contributed by atoms with van der Waals surface area (Å²) in [6, 6.07) is 4.30. The predicted octanol–water partition coefficient (Wildman–Crippen LogP) is 2.17. The summed E-state index contributed by atoms with van der Waals surface area (Å²) in [6.45, 7) is 0.540. The van der Waals surface area contributed by atoms with E-state index < -0.39 is 0 Å². The van der Waals surface area contributed by atoms with E-state index in [-0.39, 0.29) is 11.5 Å². The number of hydrogen-bond donors (Lipinski definition) is 1. The number of rotatable bonds is 3. The highest BCUT2D eigenvalue weighted by Crippen LogP contribution is 2.13. The zero-order chi connectivity index (χ0) is 12.5. The first-order chi connectivity index (χ1) is 8.74. The molecule has 1 aromatic carbocycles. The van der Waals surface area contributed by atoms with Crippen molar-refractivity contribution in [3.05, 3.63) is 51.1 Å². The molecule has 3 rings (SSSR count). The van der Waals surface area contributed by atoms with Gasteiger partial charge in [0.15, 0.2) is 0 Å². The van der Waals surface area contributed by atoms with Gasteiger partial charge in [0.1, 0.15) is 5.82 Å². The Morgan fingerprint density at radius 1 is 1.44 bits per heavy atom. The molecule has 0 saturated heterocycles. The highest BCUT2D eigenvalue weighted by Gasteiger charge is 2.07. The molecule has 2 aromatic heterocycles. The number of benzene rings is 1. The van der Waals surface area contributed by atoms with Gasteiger partial charge < -0.3 is 4.98 Å². The number of aryl methyl sites for hydroxylation is 2. The first-order valence-electron chi connectivity index (χ1n) is 5.50. The van der Waals surface area contributed by atoms with Crippen LogP contribution < -0.4 is 5.69 Å². The Bertz CT molecular complexity index is 729. The summed E-state index contributed by atoms with van der Waals surface area (Å²) in [5.74, 6) is -0.351. The van der Waals surface area contributed by atoms with Crippen LogP contribution in [-0.4, -0.2) is 14.5 Å². The lowest BCUT2D eigenvalue weighted by molar-refractivity contribution is 0.629. The van der Waals surface area contributed by atoms with E-state index in [9.17, 15) is 9.18 Å². The van der Waals surface area contributed by atoms with Gasteiger partial charge in [-0.15, -0.1) is 11.3 Å². The van der Waals surface area contributed by atoms with Gasteiger partial charge in [-0.25, -0.2) is 14.2 Å². The van der Waals surface area contributed by atoms with Crippen LogP contribution in [0.2, 0.25) is 0 Å². The van der Waals surface area contributed by atoms with E-state index in [1.54, 1.807) is 28.2 Å². The molecule has 0 atom stereocenters. The molecule has 0 spiro atoms. The molecule has 1 N–H and O–H groups in total. The summed E-state index contributed by atoms with van der Waals surface area (Å²) < 4.78 is 14.7. The Morgan fingerprint density at radius 2 is 2.33 bits per heavy atom. The molecule has 0 bridgehead atoms. The standard InChI is InChI=1S/C12H10FN3OS/c13-8-1-2-10-9(7-8)15-12(17)16(10)5-3-11-14-4-6-18-11/h1-2,4,6-7H,3,5H2,(H,15,17). The molecule has 6 heteroatoms. The second-order valence-electron chi connectivity index (χ2n) is 3.92. The molecule has 0 aliphatic rings. The van der Waals surface area contributed by atoms with Crippen LogP contribution >= 0.6 is 11.3 Å². The van der Waals surface area contributed by atoms with Crippen molar-refractivity contribution in [3.8, 4) is 0 Å². The van der Waals surface area contributed by atoms with E-state index in [0.29, 0.717) is 18.5 Å². The molecule has 0 fully saturated rings. The first-order valence-corrected chi connectivity index (χ1v) is 6.38. The van der Waals surface area contributed by atoms with Gasteiger partial charge in [0.05, 0.1) is 16.0 Å². The number of fused-ring (bicyclic) bond motifs is 1. The smallest absolute Gasteiger partial charge is 0.305 e. The molecule has 0 saturated carbocycles. The number of thiazole rings is 1. The number of nitrogens with one attached hydrogen (secondary N) is 1. The Labute approximate surface area is 106 Å². The van der Waals surface area contributed by atoms with Gasteiger partial charge in [0.25, 0.3) is 0 Å². The highest BCUT2D eigenvalue weighted by atomic mass is 32.1. The molecular formula is C12H10FN3OS. The monoisotopic (exact) mass is 263 g/mol. The van der Waals surface area contributed by atoms with Crippen molar-refractivity contribution in [1.82, 2.24) is 14.5 Å². The third-order valence-corrected chi connectivity index (χ3v) is 3.61. The average Bonchev–Trinajstić information content (AvgIpc) is 2.93. The van der Waals surface area contributed by atoms with Crippen molar-refractivity contribution >= 4 is 22.4 Å². The van der Waals surface area contributed by atoms with Crippen LogP contribution in [0.15, 0.2) is 34.6 Å². The molecule has 18 heavy (non-hydrogen) atoms. The molecule has 0 unspecified atom stereocenters. The number of nitrogens with zero attached hydrogens (tertiary/aromatic N) is 2. The molecule has 0 aliphatic carbocycles. The number of H-pyrrole nitrogens is 1. The molecule has 0 aliphatic heterocycles. The number of aromatic amines is 1. The van der Waals surface area contributed by atoms with Gasteiger partial charge in [-0.3, -0.25) is 4.57 Å². The summed E-state index contributed by atoms with van der Waals surface area (Å²) in [5.41, 5.74) is 1.03. The maximum absolute atomic E-state index is 13.0. The topological polar surface area (TPSA) is 50.7 Å². The third-order valence-electron chi connectivity index (χ3n) is 2.77. The fourth-order valence-corrected chi connectivity index (χ4v) is 2.55. The normalized spacial score (nSPS) is 11.2. The fourth-order valence-electron chi connectivity index (χ4n) is 1.94. The minimum Gasteiger partial charge on any atom is -0.305 e. The zero-order valence-electron chi connectivity index (χ0n) is 9.39. The van der Waals surface area contributed by atoms with Crippen LogP contribution in [0.1, 0.15) is 5.01 Å². The first kappa shape index (κ1) is 11.2. The fraction of sp³-hybridized carbons (Fsp3) is 0.167. The van der Waals surface area contributed by atoms with Gasteiger partial charge in [0.2, 0.25) is 0 Å². The highest BCUT2D eigenvalue weighted by molar-refractivity contribution is 7.09. The van der Waals surface area contributed by atoms with Gasteiger partial charge in [0, 0.05) is 24.5 Å². The van der Waals surface area contributed by atoms with Crippen molar-refractivity contribution in [1.29, 1.82) is 0 Å². The molecule has 92 valence electrons. The summed E-state index contributed by atoms with van der Waals surface area (Å²) >= 11 is 1.56. The predicted molar refractivity (Wildman–Crippen MR) is 68.3 cm³/mol. The number of halogens is 1. The zero-order valence-corrected chi connectivity index (χ0v) is 10.2. The van der Waals surface area contributed by atoms with E-state index in [2.05, 4.69) is 9.97 Å². The van der Waals surface area contributed by atoms with Crippen molar-refractivity contribution in [2.75, 3.05) is 0 Å². The Balaban J connectivity index is 1.96. The van der Waals surface area contributed by atoms with E-state index in [4.69, 9.17) is 0 Å². The molecular weight excluding hydrogens is 253 g/mol. The number of imidazole rings is 1. The van der Waals surface area contributed by atoms with Crippen LogP contribution in [0, 0.1) is 5.82 Å². The van der Waals surface area contributed by atoms with Crippen molar-refractivity contribution in [3.63, 3.8) is 0 Å². The lowest BCUT2D eigenvalue weighted by atomic mass is 10.3. The summed E-state index contributed by atoms with van der Waals surface area (Å²) in [7, 11) is 0. The van der Waals surface area contributed by atoms with Gasteiger partial charge >= 0.3 is 5.69 Å². The lowest BCUT2D eigenvalue weighted by Gasteiger charge is -2.01. The molecule has 3 aromatic rings. The Kier molecular flexibility index (Phi) is 2.71. The Hall–Kier alpha value is -1.95. The molecule has 0 amide bonds. The van der Waals surface area contributed by atoms with E-state index >= 15 is 0 Å². The minimum atomic E-state index is -0.351. The number of hydrogen-bond acceptors (Lipinski definition) is 3. The second-order valence-corrected chi connectivity index (χ2v) is 4.90. The van der Waals surface area contributed by atoms with Crippen LogP contribution in [0.4, 0.5) is 4.39 Å². The molecule has 4 nitrogen and oxygen atoms in total. The van der Waals surface area contributed by atoms with E-state index in [0.717, 1.165) is 10.5 Å². The number of aromatic nitrogens is 3. The largest absolute Gasteiger partial charge is 0.326 e. The third kappa shape index (κ3) is 1.95. The van der Waals surface area contributed by atoms with Crippen molar-refractivity contribution in [2.45, 2.75) is 13.0 Å². The second kappa shape index (κ2) is 4.38. The van der Waals surface area contributed by atoms with Crippen LogP contribution in [0.3, 0.4) is 0 Å². The summed E-state index contributed by atoms with van der Waals surface area (Å²) in [4.78, 5) is 18.6. The minimum absolute atomic E-state index is 0.216. The summed E-state index contributed by atoms with van der Waals surface area (Å²) in [5, 5.41) is 2.89. The van der Waals surface area contributed by atoms with Crippen LogP contribution in [0.25, 0.3) is 11.0 Å². The Morgan fingerprint density at radius 3 is 3.11 bits per heavy atom.